The maximum Gasteiger partial charge on any atom is 0.0786 e. The summed E-state index contributed by atoms with van der Waals surface area (Å²) in [5, 5.41) is 11.6. The zero-order chi connectivity index (χ0) is 6.69. The molecule has 2 nitrogen and oxygen atoms in total. The van der Waals surface area contributed by atoms with Crippen LogP contribution in [0.5, 0.6) is 0 Å². The molecule has 1 aliphatic heterocycles. The molecule has 2 N–H and O–H groups in total. The third-order valence-electron chi connectivity index (χ3n) is 1.64. The fourth-order valence-corrected chi connectivity index (χ4v) is 1.41. The summed E-state index contributed by atoms with van der Waals surface area (Å²) in [6.07, 6.45) is 1.92. The summed E-state index contributed by atoms with van der Waals surface area (Å²) >= 11 is 4.98. The number of thiocarbonyl (C=S) groups is 1. The first kappa shape index (κ1) is 6.96. The van der Waals surface area contributed by atoms with Crippen LogP contribution in [-0.4, -0.2) is 23.2 Å². The molecule has 1 rings (SSSR count). The molecule has 3 heteroatoms. The highest BCUT2D eigenvalue weighted by molar-refractivity contribution is 7.80. The Kier molecular flexibility index (Phi) is 2.42. The zero-order valence-corrected chi connectivity index (χ0v) is 6.08. The van der Waals surface area contributed by atoms with Gasteiger partial charge < -0.3 is 10.4 Å². The van der Waals surface area contributed by atoms with E-state index in [4.69, 9.17) is 17.3 Å². The molecule has 1 heterocycles. The lowest BCUT2D eigenvalue weighted by molar-refractivity contribution is 0.274. The molecule has 1 fully saturated rings. The Labute approximate surface area is 60.3 Å². The highest BCUT2D eigenvalue weighted by atomic mass is 32.1. The molecule has 0 aromatic heterocycles. The van der Waals surface area contributed by atoms with Gasteiger partial charge in [0.25, 0.3) is 0 Å². The van der Waals surface area contributed by atoms with E-state index in [0.29, 0.717) is 5.92 Å². The first-order valence-electron chi connectivity index (χ1n) is 3.23. The molecule has 1 unspecified atom stereocenters. The van der Waals surface area contributed by atoms with Gasteiger partial charge in [-0.2, -0.15) is 0 Å². The van der Waals surface area contributed by atoms with Crippen LogP contribution in [0.3, 0.4) is 0 Å². The fourth-order valence-electron chi connectivity index (χ4n) is 1.08. The SMILES string of the molecule is OCCC1CCNC1=S. The summed E-state index contributed by atoms with van der Waals surface area (Å²) in [4.78, 5) is 0.934. The Morgan fingerprint density at radius 1 is 1.78 bits per heavy atom. The molecule has 0 aromatic rings. The number of hydrogen-bond donors (Lipinski definition) is 2. The molecule has 1 saturated heterocycles. The van der Waals surface area contributed by atoms with E-state index in [1.165, 1.54) is 0 Å². The standard InChI is InChI=1S/C6H11NOS/c8-4-2-5-1-3-7-6(5)9/h5,8H,1-4H2,(H,7,9). The fraction of sp³-hybridized carbons (Fsp3) is 0.833. The van der Waals surface area contributed by atoms with Crippen molar-refractivity contribution >= 4 is 17.2 Å². The van der Waals surface area contributed by atoms with Gasteiger partial charge in [-0.3, -0.25) is 0 Å². The minimum atomic E-state index is 0.256. The molecule has 0 spiro atoms. The predicted octanol–water partition coefficient (Wildman–Crippen LogP) is 0.306. The molecule has 9 heavy (non-hydrogen) atoms. The van der Waals surface area contributed by atoms with E-state index in [2.05, 4.69) is 5.32 Å². The van der Waals surface area contributed by atoms with Crippen LogP contribution < -0.4 is 5.32 Å². The molecule has 1 aliphatic rings. The number of nitrogens with one attached hydrogen (secondary N) is 1. The number of rotatable bonds is 2. The van der Waals surface area contributed by atoms with E-state index in [9.17, 15) is 0 Å². The maximum absolute atomic E-state index is 8.56. The molecule has 0 radical (unpaired) electrons. The minimum Gasteiger partial charge on any atom is -0.396 e. The van der Waals surface area contributed by atoms with Crippen molar-refractivity contribution in [2.24, 2.45) is 5.92 Å². The monoisotopic (exact) mass is 145 g/mol. The van der Waals surface area contributed by atoms with E-state index in [0.717, 1.165) is 24.4 Å². The van der Waals surface area contributed by atoms with Gasteiger partial charge >= 0.3 is 0 Å². The molecular weight excluding hydrogens is 134 g/mol. The van der Waals surface area contributed by atoms with E-state index >= 15 is 0 Å². The van der Waals surface area contributed by atoms with Crippen molar-refractivity contribution in [1.29, 1.82) is 0 Å². The Hall–Kier alpha value is -0.150. The van der Waals surface area contributed by atoms with Crippen molar-refractivity contribution in [1.82, 2.24) is 5.32 Å². The zero-order valence-electron chi connectivity index (χ0n) is 5.26. The Bertz CT molecular complexity index is 116. The lowest BCUT2D eigenvalue weighted by Gasteiger charge is -2.03. The number of aliphatic hydroxyl groups is 1. The summed E-state index contributed by atoms with van der Waals surface area (Å²) in [6, 6.07) is 0. The van der Waals surface area contributed by atoms with Crippen LogP contribution in [0.1, 0.15) is 12.8 Å². The summed E-state index contributed by atoms with van der Waals surface area (Å²) in [5.41, 5.74) is 0. The van der Waals surface area contributed by atoms with Crippen molar-refractivity contribution in [2.45, 2.75) is 12.8 Å². The second kappa shape index (κ2) is 3.13. The van der Waals surface area contributed by atoms with E-state index in [1.807, 2.05) is 0 Å². The van der Waals surface area contributed by atoms with Gasteiger partial charge in [-0.1, -0.05) is 12.2 Å². The van der Waals surface area contributed by atoms with E-state index < -0.39 is 0 Å². The van der Waals surface area contributed by atoms with Gasteiger partial charge in [0, 0.05) is 19.1 Å². The Balaban J connectivity index is 2.31. The molecule has 0 aliphatic carbocycles. The van der Waals surface area contributed by atoms with Crippen LogP contribution in [-0.2, 0) is 0 Å². The van der Waals surface area contributed by atoms with Gasteiger partial charge in [0.05, 0.1) is 4.99 Å². The van der Waals surface area contributed by atoms with Crippen LogP contribution >= 0.6 is 12.2 Å². The summed E-state index contributed by atoms with van der Waals surface area (Å²) in [5.74, 6) is 0.449. The summed E-state index contributed by atoms with van der Waals surface area (Å²) in [7, 11) is 0. The van der Waals surface area contributed by atoms with Crippen molar-refractivity contribution < 1.29 is 5.11 Å². The summed E-state index contributed by atoms with van der Waals surface area (Å²) < 4.78 is 0. The van der Waals surface area contributed by atoms with Crippen LogP contribution in [0.25, 0.3) is 0 Å². The second-order valence-electron chi connectivity index (χ2n) is 2.29. The topological polar surface area (TPSA) is 32.3 Å². The van der Waals surface area contributed by atoms with Crippen molar-refractivity contribution in [3.8, 4) is 0 Å². The molecule has 52 valence electrons. The maximum atomic E-state index is 8.56. The lowest BCUT2D eigenvalue weighted by Crippen LogP contribution is -2.17. The molecular formula is C6H11NOS. The van der Waals surface area contributed by atoms with Crippen molar-refractivity contribution in [3.63, 3.8) is 0 Å². The molecule has 0 amide bonds. The third-order valence-corrected chi connectivity index (χ3v) is 2.12. The molecule has 1 atom stereocenters. The van der Waals surface area contributed by atoms with Gasteiger partial charge in [0.1, 0.15) is 0 Å². The smallest absolute Gasteiger partial charge is 0.0786 e. The largest absolute Gasteiger partial charge is 0.396 e. The lowest BCUT2D eigenvalue weighted by atomic mass is 10.1. The first-order chi connectivity index (χ1) is 4.34. The van der Waals surface area contributed by atoms with Gasteiger partial charge in [-0.05, 0) is 12.8 Å². The molecule has 0 aromatic carbocycles. The van der Waals surface area contributed by atoms with Crippen molar-refractivity contribution in [3.05, 3.63) is 0 Å². The van der Waals surface area contributed by atoms with E-state index in [-0.39, 0.29) is 6.61 Å². The van der Waals surface area contributed by atoms with Crippen LogP contribution in [0.2, 0.25) is 0 Å². The highest BCUT2D eigenvalue weighted by Gasteiger charge is 2.18. The molecule has 0 saturated carbocycles. The van der Waals surface area contributed by atoms with Crippen LogP contribution in [0.15, 0.2) is 0 Å². The van der Waals surface area contributed by atoms with Gasteiger partial charge in [0.2, 0.25) is 0 Å². The molecule has 0 bridgehead atoms. The second-order valence-corrected chi connectivity index (χ2v) is 2.73. The van der Waals surface area contributed by atoms with Crippen molar-refractivity contribution in [2.75, 3.05) is 13.2 Å². The first-order valence-corrected chi connectivity index (χ1v) is 3.64. The summed E-state index contributed by atoms with van der Waals surface area (Å²) in [6.45, 7) is 1.25. The van der Waals surface area contributed by atoms with Gasteiger partial charge in [-0.25, -0.2) is 0 Å². The van der Waals surface area contributed by atoms with Gasteiger partial charge in [0.15, 0.2) is 0 Å². The average molecular weight is 145 g/mol. The van der Waals surface area contributed by atoms with Gasteiger partial charge in [-0.15, -0.1) is 0 Å². The van der Waals surface area contributed by atoms with Crippen LogP contribution in [0.4, 0.5) is 0 Å². The average Bonchev–Trinajstić information content (AvgIpc) is 2.18. The minimum absolute atomic E-state index is 0.256. The Morgan fingerprint density at radius 2 is 2.56 bits per heavy atom. The normalized spacial score (nSPS) is 26.3. The van der Waals surface area contributed by atoms with E-state index in [1.54, 1.807) is 0 Å². The third kappa shape index (κ3) is 1.63. The predicted molar refractivity (Wildman–Crippen MR) is 40.4 cm³/mol. The number of aliphatic hydroxyl groups excluding tert-OH is 1. The highest BCUT2D eigenvalue weighted by Crippen LogP contribution is 2.13. The van der Waals surface area contributed by atoms with Crippen LogP contribution in [0, 0.1) is 5.92 Å². The number of hydrogen-bond acceptors (Lipinski definition) is 2. The quantitative estimate of drug-likeness (QED) is 0.548. The Morgan fingerprint density at radius 3 is 3.00 bits per heavy atom.